The number of carbonyl (C=O) groups is 1. The Bertz CT molecular complexity index is 678. The molecule has 0 spiro atoms. The maximum absolute atomic E-state index is 11.3. The molecule has 2 rings (SSSR count). The highest BCUT2D eigenvalue weighted by molar-refractivity contribution is 6.47. The van der Waals surface area contributed by atoms with E-state index in [1.54, 1.807) is 18.2 Å². The van der Waals surface area contributed by atoms with E-state index in [4.69, 9.17) is 27.8 Å². The number of anilines is 2. The molecule has 4 N–H and O–H groups in total. The highest BCUT2D eigenvalue weighted by Gasteiger charge is 2.11. The second kappa shape index (κ2) is 7.13. The predicted octanol–water partition coefficient (Wildman–Crippen LogP) is 3.36. The van der Waals surface area contributed by atoms with Crippen molar-refractivity contribution >= 4 is 40.2 Å². The van der Waals surface area contributed by atoms with Crippen molar-refractivity contribution in [3.63, 3.8) is 0 Å². The summed E-state index contributed by atoms with van der Waals surface area (Å²) in [5.74, 6) is 0.308. The van der Waals surface area contributed by atoms with Gasteiger partial charge in [-0.25, -0.2) is 4.99 Å². The fourth-order valence-electron chi connectivity index (χ4n) is 1.85. The molecule has 0 aromatic heterocycles. The Morgan fingerprint density at radius 1 is 1.23 bits per heavy atom. The third kappa shape index (κ3) is 3.89. The molecule has 22 heavy (non-hydrogen) atoms. The third-order valence-corrected chi connectivity index (χ3v) is 3.37. The number of hydrogen-bond acceptors (Lipinski definition) is 5. The molecule has 0 atom stereocenters. The minimum atomic E-state index is -0.241. The number of nitrogens with two attached hydrogens (primary N) is 2. The van der Waals surface area contributed by atoms with Crippen LogP contribution in [0.1, 0.15) is 19.8 Å². The van der Waals surface area contributed by atoms with Crippen LogP contribution in [0, 0.1) is 0 Å². The molecule has 0 saturated heterocycles. The quantitative estimate of drug-likeness (QED) is 0.494. The number of ether oxygens (including phenoxy) is 1. The van der Waals surface area contributed by atoms with Gasteiger partial charge in [-0.15, -0.1) is 0 Å². The van der Waals surface area contributed by atoms with Crippen LogP contribution >= 0.6 is 11.6 Å². The average molecular weight is 320 g/mol. The van der Waals surface area contributed by atoms with E-state index < -0.39 is 0 Å². The van der Waals surface area contributed by atoms with Crippen LogP contribution in [0.3, 0.4) is 0 Å². The number of rotatable bonds is 5. The Morgan fingerprint density at radius 3 is 2.68 bits per heavy atom. The van der Waals surface area contributed by atoms with Gasteiger partial charge in [-0.2, -0.15) is 0 Å². The van der Waals surface area contributed by atoms with Crippen LogP contribution in [0.25, 0.3) is 0 Å². The van der Waals surface area contributed by atoms with E-state index in [0.717, 1.165) is 12.8 Å². The Labute approximate surface area is 134 Å². The zero-order valence-electron chi connectivity index (χ0n) is 12.3. The monoisotopic (exact) mass is 319 g/mol. The van der Waals surface area contributed by atoms with E-state index in [1.807, 2.05) is 0 Å². The Hall–Kier alpha value is -2.27. The standard InChI is InChI=1S/C16H18ClN3O2/c1-2-3-6-22-16-9-14(12(18)8-13(16)19)20-10-4-5-15(21)11(17)7-10/h4-5,7-9H,2-3,6,18-19H2,1H3. The van der Waals surface area contributed by atoms with Crippen molar-refractivity contribution < 1.29 is 9.53 Å². The van der Waals surface area contributed by atoms with Gasteiger partial charge in [0, 0.05) is 6.07 Å². The van der Waals surface area contributed by atoms with Crippen molar-refractivity contribution in [2.24, 2.45) is 4.99 Å². The van der Waals surface area contributed by atoms with Gasteiger partial charge < -0.3 is 16.2 Å². The maximum atomic E-state index is 11.3. The van der Waals surface area contributed by atoms with Gasteiger partial charge in [-0.3, -0.25) is 4.79 Å². The minimum Gasteiger partial charge on any atom is -0.491 e. The van der Waals surface area contributed by atoms with Crippen molar-refractivity contribution in [3.05, 3.63) is 35.4 Å². The first-order valence-corrected chi connectivity index (χ1v) is 7.39. The van der Waals surface area contributed by atoms with Crippen molar-refractivity contribution in [2.75, 3.05) is 18.1 Å². The summed E-state index contributed by atoms with van der Waals surface area (Å²) in [5, 5.41) is 0.120. The number of halogens is 1. The fourth-order valence-corrected chi connectivity index (χ4v) is 2.02. The van der Waals surface area contributed by atoms with Crippen molar-refractivity contribution in [2.45, 2.75) is 19.8 Å². The van der Waals surface area contributed by atoms with Crippen LogP contribution in [-0.2, 0) is 4.79 Å². The molecule has 5 nitrogen and oxygen atoms in total. The van der Waals surface area contributed by atoms with Gasteiger partial charge in [-0.1, -0.05) is 24.9 Å². The Kier molecular flexibility index (Phi) is 5.22. The number of unbranched alkanes of at least 4 members (excludes halogenated alkanes) is 1. The lowest BCUT2D eigenvalue weighted by Crippen LogP contribution is -2.04. The molecule has 1 aromatic carbocycles. The van der Waals surface area contributed by atoms with Gasteiger partial charge in [0.2, 0.25) is 0 Å². The zero-order valence-corrected chi connectivity index (χ0v) is 13.1. The first-order valence-electron chi connectivity index (χ1n) is 7.01. The van der Waals surface area contributed by atoms with Gasteiger partial charge in [-0.05, 0) is 30.7 Å². The van der Waals surface area contributed by atoms with Crippen molar-refractivity contribution in [3.8, 4) is 5.75 Å². The van der Waals surface area contributed by atoms with E-state index in [9.17, 15) is 4.79 Å². The predicted molar refractivity (Wildman–Crippen MR) is 90.8 cm³/mol. The summed E-state index contributed by atoms with van der Waals surface area (Å²) in [7, 11) is 0. The number of hydrogen-bond donors (Lipinski definition) is 2. The molecule has 0 heterocycles. The van der Waals surface area contributed by atoms with E-state index in [2.05, 4.69) is 11.9 Å². The Balaban J connectivity index is 2.29. The maximum Gasteiger partial charge on any atom is 0.197 e. The molecule has 0 unspecified atom stereocenters. The van der Waals surface area contributed by atoms with E-state index in [0.29, 0.717) is 35.1 Å². The largest absolute Gasteiger partial charge is 0.491 e. The number of ketones is 1. The minimum absolute atomic E-state index is 0.120. The van der Waals surface area contributed by atoms with E-state index >= 15 is 0 Å². The van der Waals surface area contributed by atoms with Gasteiger partial charge >= 0.3 is 0 Å². The van der Waals surface area contributed by atoms with Crippen LogP contribution in [0.5, 0.6) is 5.75 Å². The zero-order chi connectivity index (χ0) is 16.1. The summed E-state index contributed by atoms with van der Waals surface area (Å²) in [4.78, 5) is 15.7. The molecule has 0 saturated carbocycles. The van der Waals surface area contributed by atoms with Crippen molar-refractivity contribution in [1.82, 2.24) is 0 Å². The molecule has 0 aliphatic heterocycles. The molecular formula is C16H18ClN3O2. The lowest BCUT2D eigenvalue weighted by molar-refractivity contribution is -0.110. The summed E-state index contributed by atoms with van der Waals surface area (Å²) in [6.07, 6.45) is 6.43. The normalized spacial score (nSPS) is 16.0. The molecule has 1 aromatic rings. The molecule has 116 valence electrons. The van der Waals surface area contributed by atoms with Gasteiger partial charge in [0.05, 0.1) is 34.4 Å². The van der Waals surface area contributed by atoms with E-state index in [-0.39, 0.29) is 10.8 Å². The fraction of sp³-hybridized carbons (Fsp3) is 0.250. The van der Waals surface area contributed by atoms with Gasteiger partial charge in [0.15, 0.2) is 5.78 Å². The summed E-state index contributed by atoms with van der Waals surface area (Å²) >= 11 is 5.81. The highest BCUT2D eigenvalue weighted by atomic mass is 35.5. The number of nitrogens with zero attached hydrogens (tertiary/aromatic N) is 1. The second-order valence-electron chi connectivity index (χ2n) is 4.88. The van der Waals surface area contributed by atoms with E-state index in [1.165, 1.54) is 12.2 Å². The molecular weight excluding hydrogens is 302 g/mol. The summed E-state index contributed by atoms with van der Waals surface area (Å²) in [6, 6.07) is 3.31. The van der Waals surface area contributed by atoms with Gasteiger partial charge in [0.1, 0.15) is 5.75 Å². The number of benzene rings is 1. The van der Waals surface area contributed by atoms with Crippen molar-refractivity contribution in [1.29, 1.82) is 0 Å². The lowest BCUT2D eigenvalue weighted by atomic mass is 10.1. The first-order chi connectivity index (χ1) is 10.5. The SMILES string of the molecule is CCCCOc1cc(N=C2C=CC(=O)C(Cl)=C2)c(N)cc1N. The number of allylic oxidation sites excluding steroid dienone is 4. The number of aliphatic imine (C=N–C) groups is 1. The van der Waals surface area contributed by atoms with Crippen LogP contribution in [-0.4, -0.2) is 18.1 Å². The molecule has 0 bridgehead atoms. The molecule has 0 fully saturated rings. The molecule has 6 heteroatoms. The summed E-state index contributed by atoms with van der Waals surface area (Å²) in [5.41, 5.74) is 13.8. The first kappa shape index (κ1) is 16.1. The summed E-state index contributed by atoms with van der Waals surface area (Å²) in [6.45, 7) is 2.67. The van der Waals surface area contributed by atoms with Crippen LogP contribution < -0.4 is 16.2 Å². The second-order valence-corrected chi connectivity index (χ2v) is 5.28. The molecule has 0 amide bonds. The molecule has 0 radical (unpaired) electrons. The number of nitrogen functional groups attached to an aromatic ring is 2. The average Bonchev–Trinajstić information content (AvgIpc) is 2.47. The Morgan fingerprint density at radius 2 is 2.00 bits per heavy atom. The topological polar surface area (TPSA) is 90.7 Å². The highest BCUT2D eigenvalue weighted by Crippen LogP contribution is 2.34. The van der Waals surface area contributed by atoms with Gasteiger partial charge in [0.25, 0.3) is 0 Å². The number of carbonyl (C=O) groups excluding carboxylic acids is 1. The smallest absolute Gasteiger partial charge is 0.197 e. The van der Waals surface area contributed by atoms with Crippen LogP contribution in [0.2, 0.25) is 0 Å². The molecule has 1 aliphatic rings. The third-order valence-electron chi connectivity index (χ3n) is 3.08. The molecule has 1 aliphatic carbocycles. The van der Waals surface area contributed by atoms with Crippen LogP contribution in [0.4, 0.5) is 17.1 Å². The summed E-state index contributed by atoms with van der Waals surface area (Å²) < 4.78 is 5.64. The lowest BCUT2D eigenvalue weighted by Gasteiger charge is -2.11. The van der Waals surface area contributed by atoms with Crippen LogP contribution in [0.15, 0.2) is 40.4 Å².